The molecule has 0 amide bonds. The first-order valence-electron chi connectivity index (χ1n) is 4.79. The number of carbonyl (C=O) groups excluding carboxylic acids is 1. The lowest BCUT2D eigenvalue weighted by molar-refractivity contribution is 0.0595. The van der Waals surface area contributed by atoms with Gasteiger partial charge < -0.3 is 4.74 Å². The molecule has 1 heterocycles. The number of carbonyl (C=O) groups is 1. The molecule has 0 bridgehead atoms. The maximum absolute atomic E-state index is 11.5. The number of azide groups is 1. The average Bonchev–Trinajstić information content (AvgIpc) is 2.37. The highest BCUT2D eigenvalue weighted by Gasteiger charge is 2.13. The first-order valence-corrected chi connectivity index (χ1v) is 4.79. The first kappa shape index (κ1) is 10.9. The number of pyridine rings is 1. The van der Waals surface area contributed by atoms with Crippen molar-refractivity contribution < 1.29 is 9.53 Å². The van der Waals surface area contributed by atoms with Crippen molar-refractivity contribution in [3.05, 3.63) is 46.5 Å². The van der Waals surface area contributed by atoms with Crippen LogP contribution >= 0.6 is 0 Å². The SMILES string of the molecule is COC(=O)c1nc2ccccc2cc1N=[N+]=[N-]. The summed E-state index contributed by atoms with van der Waals surface area (Å²) in [6.45, 7) is 0. The second-order valence-electron chi connectivity index (χ2n) is 3.23. The third-order valence-electron chi connectivity index (χ3n) is 2.24. The third kappa shape index (κ3) is 2.02. The molecule has 0 aliphatic heterocycles. The largest absolute Gasteiger partial charge is 0.464 e. The second kappa shape index (κ2) is 4.51. The Hall–Kier alpha value is -2.59. The second-order valence-corrected chi connectivity index (χ2v) is 3.23. The fraction of sp³-hybridized carbons (Fsp3) is 0.0909. The van der Waals surface area contributed by atoms with Crippen LogP contribution in [0.2, 0.25) is 0 Å². The summed E-state index contributed by atoms with van der Waals surface area (Å²) >= 11 is 0. The first-order chi connectivity index (χ1) is 8.26. The van der Waals surface area contributed by atoms with E-state index in [9.17, 15) is 4.79 Å². The van der Waals surface area contributed by atoms with Gasteiger partial charge in [0.05, 0.1) is 18.3 Å². The van der Waals surface area contributed by atoms with Crippen molar-refractivity contribution in [2.75, 3.05) is 7.11 Å². The Balaban J connectivity index is 2.74. The maximum Gasteiger partial charge on any atom is 0.357 e. The predicted octanol–water partition coefficient (Wildman–Crippen LogP) is 2.96. The Morgan fingerprint density at radius 2 is 2.24 bits per heavy atom. The molecule has 1 aromatic carbocycles. The van der Waals surface area contributed by atoms with Crippen molar-refractivity contribution in [3.63, 3.8) is 0 Å². The van der Waals surface area contributed by atoms with Crippen LogP contribution in [0, 0.1) is 0 Å². The Bertz CT molecular complexity index is 632. The summed E-state index contributed by atoms with van der Waals surface area (Å²) in [7, 11) is 1.25. The average molecular weight is 228 g/mol. The van der Waals surface area contributed by atoms with Crippen LogP contribution in [0.3, 0.4) is 0 Å². The minimum absolute atomic E-state index is 0.0176. The number of ether oxygens (including phenoxy) is 1. The molecule has 0 saturated heterocycles. The third-order valence-corrected chi connectivity index (χ3v) is 2.24. The molecule has 0 radical (unpaired) electrons. The predicted molar refractivity (Wildman–Crippen MR) is 61.9 cm³/mol. The summed E-state index contributed by atoms with van der Waals surface area (Å²) < 4.78 is 4.59. The number of hydrogen-bond donors (Lipinski definition) is 0. The van der Waals surface area contributed by atoms with E-state index in [1.165, 1.54) is 7.11 Å². The number of hydrogen-bond acceptors (Lipinski definition) is 4. The summed E-state index contributed by atoms with van der Waals surface area (Å²) in [6.07, 6.45) is 0. The summed E-state index contributed by atoms with van der Waals surface area (Å²) in [5.41, 5.74) is 9.27. The van der Waals surface area contributed by atoms with Gasteiger partial charge in [-0.2, -0.15) is 0 Å². The zero-order chi connectivity index (χ0) is 12.3. The molecule has 0 saturated carbocycles. The number of methoxy groups -OCH3 is 1. The van der Waals surface area contributed by atoms with Gasteiger partial charge in [0.25, 0.3) is 0 Å². The molecule has 0 N–H and O–H groups in total. The van der Waals surface area contributed by atoms with Gasteiger partial charge in [-0.1, -0.05) is 23.3 Å². The molecule has 0 fully saturated rings. The number of nitrogens with zero attached hydrogens (tertiary/aromatic N) is 4. The van der Waals surface area contributed by atoms with E-state index < -0.39 is 5.97 Å². The topological polar surface area (TPSA) is 88.0 Å². The minimum Gasteiger partial charge on any atom is -0.464 e. The van der Waals surface area contributed by atoms with Crippen LogP contribution in [0.4, 0.5) is 5.69 Å². The van der Waals surface area contributed by atoms with E-state index in [2.05, 4.69) is 19.7 Å². The molecule has 17 heavy (non-hydrogen) atoms. The number of aromatic nitrogens is 1. The summed E-state index contributed by atoms with van der Waals surface area (Å²) in [6, 6.07) is 8.83. The number of fused-ring (bicyclic) bond motifs is 1. The van der Waals surface area contributed by atoms with Crippen molar-refractivity contribution in [1.82, 2.24) is 4.98 Å². The van der Waals surface area contributed by atoms with Gasteiger partial charge in [0.15, 0.2) is 5.69 Å². The fourth-order valence-corrected chi connectivity index (χ4v) is 1.48. The highest BCUT2D eigenvalue weighted by Crippen LogP contribution is 2.24. The lowest BCUT2D eigenvalue weighted by atomic mass is 10.2. The van der Waals surface area contributed by atoms with Gasteiger partial charge in [-0.15, -0.1) is 0 Å². The van der Waals surface area contributed by atoms with Crippen LogP contribution in [0.5, 0.6) is 0 Å². The smallest absolute Gasteiger partial charge is 0.357 e. The molecule has 6 nitrogen and oxygen atoms in total. The van der Waals surface area contributed by atoms with Crippen LogP contribution in [-0.4, -0.2) is 18.1 Å². The molecular formula is C11H8N4O2. The molecule has 1 aromatic heterocycles. The number of rotatable bonds is 2. The van der Waals surface area contributed by atoms with Crippen LogP contribution in [0.25, 0.3) is 21.3 Å². The van der Waals surface area contributed by atoms with Crippen molar-refractivity contribution in [2.24, 2.45) is 5.11 Å². The summed E-state index contributed by atoms with van der Waals surface area (Å²) in [5.74, 6) is -0.627. The van der Waals surface area contributed by atoms with Gasteiger partial charge in [0, 0.05) is 10.3 Å². The van der Waals surface area contributed by atoms with Crippen molar-refractivity contribution in [3.8, 4) is 0 Å². The minimum atomic E-state index is -0.627. The Morgan fingerprint density at radius 3 is 2.94 bits per heavy atom. The lowest BCUT2D eigenvalue weighted by Gasteiger charge is -2.04. The van der Waals surface area contributed by atoms with E-state index in [-0.39, 0.29) is 11.4 Å². The summed E-state index contributed by atoms with van der Waals surface area (Å²) in [4.78, 5) is 18.3. The highest BCUT2D eigenvalue weighted by atomic mass is 16.5. The van der Waals surface area contributed by atoms with E-state index in [4.69, 9.17) is 5.53 Å². The maximum atomic E-state index is 11.5. The molecule has 2 aromatic rings. The van der Waals surface area contributed by atoms with E-state index in [0.717, 1.165) is 5.39 Å². The Morgan fingerprint density at radius 1 is 1.47 bits per heavy atom. The number of benzene rings is 1. The number of esters is 1. The Labute approximate surface area is 96.5 Å². The van der Waals surface area contributed by atoms with Gasteiger partial charge in [0.1, 0.15) is 0 Å². The molecule has 6 heteroatoms. The highest BCUT2D eigenvalue weighted by molar-refractivity contribution is 5.96. The van der Waals surface area contributed by atoms with Gasteiger partial charge in [-0.3, -0.25) is 0 Å². The van der Waals surface area contributed by atoms with Gasteiger partial charge in [-0.05, 0) is 17.7 Å². The quantitative estimate of drug-likeness (QED) is 0.342. The monoisotopic (exact) mass is 228 g/mol. The molecular weight excluding hydrogens is 220 g/mol. The van der Waals surface area contributed by atoms with Crippen LogP contribution < -0.4 is 0 Å². The van der Waals surface area contributed by atoms with E-state index >= 15 is 0 Å². The number of para-hydroxylation sites is 1. The molecule has 0 aliphatic carbocycles. The summed E-state index contributed by atoms with van der Waals surface area (Å²) in [5, 5.41) is 4.24. The fourth-order valence-electron chi connectivity index (χ4n) is 1.48. The van der Waals surface area contributed by atoms with Crippen LogP contribution in [0.1, 0.15) is 10.5 Å². The standard InChI is InChI=1S/C11H8N4O2/c1-17-11(16)10-9(14-15-12)6-7-4-2-3-5-8(7)13-10/h2-6H,1H3. The van der Waals surface area contributed by atoms with Gasteiger partial charge in [0.2, 0.25) is 0 Å². The normalized spacial score (nSPS) is 9.71. The Kier molecular flexibility index (Phi) is 2.89. The molecule has 84 valence electrons. The van der Waals surface area contributed by atoms with Crippen LogP contribution in [-0.2, 0) is 4.74 Å². The molecule has 0 spiro atoms. The molecule has 0 aliphatic rings. The van der Waals surface area contributed by atoms with Crippen molar-refractivity contribution in [2.45, 2.75) is 0 Å². The lowest BCUT2D eigenvalue weighted by Crippen LogP contribution is -2.04. The van der Waals surface area contributed by atoms with Gasteiger partial charge in [-0.25, -0.2) is 9.78 Å². The molecule has 0 unspecified atom stereocenters. The van der Waals surface area contributed by atoms with E-state index in [1.807, 2.05) is 18.2 Å². The molecule has 0 atom stereocenters. The molecule has 2 rings (SSSR count). The zero-order valence-electron chi connectivity index (χ0n) is 8.99. The van der Waals surface area contributed by atoms with E-state index in [1.54, 1.807) is 12.1 Å². The van der Waals surface area contributed by atoms with E-state index in [0.29, 0.717) is 5.52 Å². The van der Waals surface area contributed by atoms with Gasteiger partial charge >= 0.3 is 5.97 Å². The van der Waals surface area contributed by atoms with Crippen LogP contribution in [0.15, 0.2) is 35.4 Å². The zero-order valence-corrected chi connectivity index (χ0v) is 8.99. The van der Waals surface area contributed by atoms with Crippen molar-refractivity contribution >= 4 is 22.6 Å². The van der Waals surface area contributed by atoms with Crippen molar-refractivity contribution in [1.29, 1.82) is 0 Å².